The normalized spacial score (nSPS) is 11.6. The van der Waals surface area contributed by atoms with Gasteiger partial charge in [-0.25, -0.2) is 14.4 Å². The van der Waals surface area contributed by atoms with Crippen LogP contribution in [0.15, 0.2) is 30.3 Å². The van der Waals surface area contributed by atoms with Gasteiger partial charge < -0.3 is 30.0 Å². The van der Waals surface area contributed by atoms with Crippen LogP contribution in [-0.2, 0) is 19.2 Å². The quantitative estimate of drug-likeness (QED) is 0.365. The molecule has 1 amide bonds. The van der Waals surface area contributed by atoms with E-state index in [0.717, 1.165) is 16.8 Å². The summed E-state index contributed by atoms with van der Waals surface area (Å²) in [6.45, 7) is 13.4. The summed E-state index contributed by atoms with van der Waals surface area (Å²) in [5.74, 6) is -1.32. The van der Waals surface area contributed by atoms with Gasteiger partial charge in [0, 0.05) is 25.2 Å². The Labute approximate surface area is 236 Å². The van der Waals surface area contributed by atoms with E-state index >= 15 is 0 Å². The van der Waals surface area contributed by atoms with Crippen LogP contribution in [0.1, 0.15) is 71.1 Å². The maximum absolute atomic E-state index is 13.5. The van der Waals surface area contributed by atoms with Gasteiger partial charge >= 0.3 is 5.97 Å². The molecule has 2 atom stereocenters. The number of rotatable bonds is 11. The fourth-order valence-electron chi connectivity index (χ4n) is 3.27. The molecule has 11 heteroatoms. The first-order valence-corrected chi connectivity index (χ1v) is 12.8. The summed E-state index contributed by atoms with van der Waals surface area (Å²) in [5, 5.41) is 21.3. The number of aliphatic hydroxyl groups is 1. The van der Waals surface area contributed by atoms with Crippen molar-refractivity contribution < 1.29 is 33.8 Å². The summed E-state index contributed by atoms with van der Waals surface area (Å²) < 4.78 is 13.5. The minimum absolute atomic E-state index is 0.103. The largest absolute Gasteiger partial charge is 0.480 e. The molecule has 10 nitrogen and oxygen atoms in total. The van der Waals surface area contributed by atoms with E-state index < -0.39 is 24.0 Å². The van der Waals surface area contributed by atoms with Crippen LogP contribution < -0.4 is 10.2 Å². The van der Waals surface area contributed by atoms with Crippen LogP contribution in [0.5, 0.6) is 0 Å². The Morgan fingerprint density at radius 3 is 2.08 bits per heavy atom. The molecule has 0 saturated heterocycles. The van der Waals surface area contributed by atoms with E-state index in [0.29, 0.717) is 24.5 Å². The second-order valence-electron chi connectivity index (χ2n) is 8.69. The molecule has 0 aliphatic heterocycles. The maximum atomic E-state index is 13.5. The van der Waals surface area contributed by atoms with Crippen LogP contribution in [0, 0.1) is 5.82 Å². The second kappa shape index (κ2) is 20.9. The number of aliphatic hydroxyl groups excluding tert-OH is 1. The van der Waals surface area contributed by atoms with Crippen molar-refractivity contribution in [2.75, 3.05) is 19.0 Å². The number of hydrogen-bond donors (Lipinski definition) is 3. The lowest BCUT2D eigenvalue weighted by Crippen LogP contribution is -2.39. The molecule has 0 saturated carbocycles. The molecule has 1 unspecified atom stereocenters. The molecular formula is C29H43FN4O6. The number of carboxylic acid groups (broad SMARTS) is 1. The smallest absolute Gasteiger partial charge is 0.325 e. The van der Waals surface area contributed by atoms with Gasteiger partial charge in [0.25, 0.3) is 0 Å². The fraction of sp³-hybridized carbons (Fsp3) is 0.448. The van der Waals surface area contributed by atoms with Crippen LogP contribution in [0.25, 0.3) is 17.3 Å². The molecule has 0 aliphatic carbocycles. The van der Waals surface area contributed by atoms with Crippen LogP contribution in [-0.4, -0.2) is 71.9 Å². The predicted octanol–water partition coefficient (Wildman–Crippen LogP) is 4.26. The minimum Gasteiger partial charge on any atom is -0.480 e. The van der Waals surface area contributed by atoms with Gasteiger partial charge in [-0.15, -0.1) is 0 Å². The Kier molecular flexibility index (Phi) is 19.9. The summed E-state index contributed by atoms with van der Waals surface area (Å²) in [6, 6.07) is 5.13. The van der Waals surface area contributed by atoms with Crippen molar-refractivity contribution in [1.82, 2.24) is 15.3 Å². The first-order valence-electron chi connectivity index (χ1n) is 12.8. The first-order chi connectivity index (χ1) is 19.0. The molecule has 2 aromatic rings. The average molecular weight is 563 g/mol. The number of carboxylic acids is 1. The van der Waals surface area contributed by atoms with Crippen molar-refractivity contribution in [3.63, 3.8) is 0 Å². The minimum atomic E-state index is -1.13. The zero-order valence-corrected chi connectivity index (χ0v) is 24.5. The Hall–Kier alpha value is -3.99. The molecule has 0 spiro atoms. The zero-order chi connectivity index (χ0) is 31.4. The lowest BCUT2D eigenvalue weighted by molar-refractivity contribution is -0.141. The molecule has 222 valence electrons. The zero-order valence-electron chi connectivity index (χ0n) is 24.5. The van der Waals surface area contributed by atoms with E-state index in [4.69, 9.17) is 24.7 Å². The van der Waals surface area contributed by atoms with E-state index in [2.05, 4.69) is 5.32 Å². The number of nitrogens with one attached hydrogen (secondary N) is 1. The molecule has 0 radical (unpaired) electrons. The molecule has 1 aromatic heterocycles. The molecular weight excluding hydrogens is 519 g/mol. The van der Waals surface area contributed by atoms with Crippen LogP contribution >= 0.6 is 0 Å². The highest BCUT2D eigenvalue weighted by molar-refractivity contribution is 5.83. The monoisotopic (exact) mass is 562 g/mol. The van der Waals surface area contributed by atoms with E-state index in [9.17, 15) is 19.1 Å². The number of nitrogens with zero attached hydrogens (tertiary/aromatic N) is 3. The number of aliphatic carboxylic acids is 1. The van der Waals surface area contributed by atoms with Crippen LogP contribution in [0.4, 0.5) is 10.3 Å². The molecule has 0 fully saturated rings. The third-order valence-electron chi connectivity index (χ3n) is 5.15. The van der Waals surface area contributed by atoms with Gasteiger partial charge in [-0.3, -0.25) is 9.59 Å². The number of hydrogen-bond acceptors (Lipinski definition) is 8. The van der Waals surface area contributed by atoms with E-state index in [-0.39, 0.29) is 18.2 Å². The molecule has 2 rings (SSSR count). The standard InChI is InChI=1S/C25H33FN4O4.C2H6.2CH2O/c1-15(2)22-20(9-7-6-8-19(31)14-21(32)27-16(3)24(33)34)23(29-25(28-22)30(4)5)17-10-12-18(26)13-11-17;3*1-2/h7,9-13,15-16,19,31H,6,8,14H2,1-5H3,(H,27,32)(H,33,34);1-2H3;2*1H2/b9-7+;;;/t16-,19?;;;/m1.../s1. The lowest BCUT2D eigenvalue weighted by atomic mass is 9.97. The number of benzene rings is 1. The predicted molar refractivity (Wildman–Crippen MR) is 156 cm³/mol. The highest BCUT2D eigenvalue weighted by Crippen LogP contribution is 2.31. The molecule has 40 heavy (non-hydrogen) atoms. The van der Waals surface area contributed by atoms with Gasteiger partial charge in [-0.05, 0) is 49.9 Å². The SMILES string of the molecule is C=O.C=O.CC.CC(C)c1nc(N(C)C)nc(-c2ccc(F)cc2)c1/C=C/CCC(O)CC(=O)N[C@H](C)C(=O)O. The number of carbonyl (C=O) groups is 4. The van der Waals surface area contributed by atoms with E-state index in [1.165, 1.54) is 19.1 Å². The van der Waals surface area contributed by atoms with Gasteiger partial charge in [-0.1, -0.05) is 39.8 Å². The van der Waals surface area contributed by atoms with Gasteiger partial charge in [0.15, 0.2) is 0 Å². The second-order valence-corrected chi connectivity index (χ2v) is 8.69. The number of carbonyl (C=O) groups excluding carboxylic acids is 3. The summed E-state index contributed by atoms with van der Waals surface area (Å²) in [7, 11) is 3.72. The summed E-state index contributed by atoms with van der Waals surface area (Å²) >= 11 is 0. The van der Waals surface area contributed by atoms with Crippen molar-refractivity contribution in [2.45, 2.75) is 71.9 Å². The third-order valence-corrected chi connectivity index (χ3v) is 5.15. The highest BCUT2D eigenvalue weighted by Gasteiger charge is 2.19. The molecule has 1 aromatic carbocycles. The molecule has 0 bridgehead atoms. The van der Waals surface area contributed by atoms with Gasteiger partial charge in [0.1, 0.15) is 25.4 Å². The maximum Gasteiger partial charge on any atom is 0.325 e. The fourth-order valence-corrected chi connectivity index (χ4v) is 3.27. The van der Waals surface area contributed by atoms with Gasteiger partial charge in [0.05, 0.1) is 23.9 Å². The summed E-state index contributed by atoms with van der Waals surface area (Å²) in [6.07, 6.45) is 3.51. The van der Waals surface area contributed by atoms with Crippen molar-refractivity contribution in [2.24, 2.45) is 0 Å². The number of anilines is 1. The summed E-state index contributed by atoms with van der Waals surface area (Å²) in [5.41, 5.74) is 3.10. The molecule has 1 heterocycles. The Bertz CT molecular complexity index is 1060. The molecule has 3 N–H and O–H groups in total. The Balaban J connectivity index is 0. The van der Waals surface area contributed by atoms with Crippen LogP contribution in [0.3, 0.4) is 0 Å². The Morgan fingerprint density at radius 2 is 1.60 bits per heavy atom. The number of allylic oxidation sites excluding steroid dienone is 1. The number of halogens is 1. The lowest BCUT2D eigenvalue weighted by Gasteiger charge is -2.19. The first kappa shape index (κ1) is 38.2. The molecule has 0 aliphatic rings. The average Bonchev–Trinajstić information content (AvgIpc) is 2.94. The highest BCUT2D eigenvalue weighted by atomic mass is 19.1. The van der Waals surface area contributed by atoms with E-state index in [1.54, 1.807) is 12.1 Å². The van der Waals surface area contributed by atoms with Gasteiger partial charge in [0.2, 0.25) is 11.9 Å². The number of amides is 1. The van der Waals surface area contributed by atoms with Crippen molar-refractivity contribution in [3.05, 3.63) is 47.4 Å². The van der Waals surface area contributed by atoms with Crippen molar-refractivity contribution in [3.8, 4) is 11.3 Å². The van der Waals surface area contributed by atoms with Gasteiger partial charge in [-0.2, -0.15) is 0 Å². The van der Waals surface area contributed by atoms with Crippen LogP contribution in [0.2, 0.25) is 0 Å². The van der Waals surface area contributed by atoms with Crippen molar-refractivity contribution in [1.29, 1.82) is 0 Å². The topological polar surface area (TPSA) is 150 Å². The summed E-state index contributed by atoms with van der Waals surface area (Å²) in [4.78, 5) is 49.9. The van der Waals surface area contributed by atoms with Crippen molar-refractivity contribution >= 4 is 37.5 Å². The van der Waals surface area contributed by atoms with E-state index in [1.807, 2.05) is 72.4 Å². The third kappa shape index (κ3) is 13.2. The Morgan fingerprint density at radius 1 is 1.05 bits per heavy atom. The number of aromatic nitrogens is 2.